The fourth-order valence-corrected chi connectivity index (χ4v) is 3.79. The Labute approximate surface area is 180 Å². The Morgan fingerprint density at radius 3 is 2.63 bits per heavy atom. The summed E-state index contributed by atoms with van der Waals surface area (Å²) in [6.45, 7) is 10.2. The van der Waals surface area contributed by atoms with Crippen LogP contribution >= 0.6 is 0 Å². The highest BCUT2D eigenvalue weighted by Gasteiger charge is 2.20. The lowest BCUT2D eigenvalue weighted by atomic mass is 9.99. The van der Waals surface area contributed by atoms with E-state index in [1.807, 2.05) is 17.0 Å². The van der Waals surface area contributed by atoms with Crippen LogP contribution in [0.3, 0.4) is 0 Å². The average molecular weight is 407 g/mol. The molecule has 1 unspecified atom stereocenters. The van der Waals surface area contributed by atoms with Crippen molar-refractivity contribution < 1.29 is 4.79 Å². The van der Waals surface area contributed by atoms with Gasteiger partial charge in [0.2, 0.25) is 5.91 Å². The van der Waals surface area contributed by atoms with Gasteiger partial charge in [0.15, 0.2) is 5.96 Å². The van der Waals surface area contributed by atoms with Crippen LogP contribution in [-0.4, -0.2) is 36.4 Å². The molecule has 1 aliphatic rings. The summed E-state index contributed by atoms with van der Waals surface area (Å²) in [6.07, 6.45) is 1.64. The molecular weight excluding hydrogens is 372 g/mol. The molecule has 160 valence electrons. The molecule has 1 atom stereocenters. The molecule has 5 heteroatoms. The Bertz CT molecular complexity index is 877. The van der Waals surface area contributed by atoms with Crippen molar-refractivity contribution >= 4 is 11.9 Å². The Balaban J connectivity index is 1.64. The maximum Gasteiger partial charge on any atom is 0.222 e. The van der Waals surface area contributed by atoms with Gasteiger partial charge in [-0.2, -0.15) is 0 Å². The average Bonchev–Trinajstić information content (AvgIpc) is 3.15. The number of guanidine groups is 1. The molecule has 1 heterocycles. The lowest BCUT2D eigenvalue weighted by Crippen LogP contribution is -2.39. The van der Waals surface area contributed by atoms with Gasteiger partial charge in [-0.25, -0.2) is 4.99 Å². The SMILES string of the molecule is CCNC(=NCc1ccccc1CN1CCCC1=O)NCC(C)c1cccc(C)c1. The van der Waals surface area contributed by atoms with Gasteiger partial charge in [0.05, 0.1) is 6.54 Å². The number of carbonyl (C=O) groups excluding carboxylic acids is 1. The van der Waals surface area contributed by atoms with Crippen LogP contribution in [0, 0.1) is 6.92 Å². The summed E-state index contributed by atoms with van der Waals surface area (Å²) in [6, 6.07) is 17.0. The highest BCUT2D eigenvalue weighted by Crippen LogP contribution is 2.18. The predicted molar refractivity (Wildman–Crippen MR) is 124 cm³/mol. The van der Waals surface area contributed by atoms with E-state index in [1.165, 1.54) is 22.3 Å². The molecule has 0 bridgehead atoms. The number of amides is 1. The Morgan fingerprint density at radius 1 is 1.13 bits per heavy atom. The second kappa shape index (κ2) is 10.8. The van der Waals surface area contributed by atoms with Crippen LogP contribution in [0.25, 0.3) is 0 Å². The minimum absolute atomic E-state index is 0.258. The smallest absolute Gasteiger partial charge is 0.222 e. The molecule has 5 nitrogen and oxygen atoms in total. The van der Waals surface area contributed by atoms with E-state index in [9.17, 15) is 4.79 Å². The van der Waals surface area contributed by atoms with Crippen LogP contribution in [0.2, 0.25) is 0 Å². The van der Waals surface area contributed by atoms with E-state index in [4.69, 9.17) is 4.99 Å². The van der Waals surface area contributed by atoms with E-state index >= 15 is 0 Å². The number of aryl methyl sites for hydroxylation is 1. The van der Waals surface area contributed by atoms with Crippen molar-refractivity contribution in [3.05, 3.63) is 70.8 Å². The maximum absolute atomic E-state index is 12.0. The summed E-state index contributed by atoms with van der Waals surface area (Å²) in [5.41, 5.74) is 4.97. The van der Waals surface area contributed by atoms with Gasteiger partial charge >= 0.3 is 0 Å². The van der Waals surface area contributed by atoms with E-state index in [0.717, 1.165) is 32.0 Å². The van der Waals surface area contributed by atoms with E-state index < -0.39 is 0 Å². The van der Waals surface area contributed by atoms with E-state index in [0.29, 0.717) is 25.4 Å². The fourth-order valence-electron chi connectivity index (χ4n) is 3.79. The fraction of sp³-hybridized carbons (Fsp3) is 0.440. The van der Waals surface area contributed by atoms with Crippen molar-refractivity contribution in [1.29, 1.82) is 0 Å². The number of rotatable bonds is 8. The van der Waals surface area contributed by atoms with Crippen molar-refractivity contribution in [2.24, 2.45) is 4.99 Å². The minimum Gasteiger partial charge on any atom is -0.357 e. The largest absolute Gasteiger partial charge is 0.357 e. The third-order valence-corrected chi connectivity index (χ3v) is 5.59. The second-order valence-corrected chi connectivity index (χ2v) is 8.08. The summed E-state index contributed by atoms with van der Waals surface area (Å²) in [4.78, 5) is 18.8. The third kappa shape index (κ3) is 6.09. The number of benzene rings is 2. The number of aliphatic imine (C=N–C) groups is 1. The molecule has 1 amide bonds. The first-order valence-corrected chi connectivity index (χ1v) is 11.0. The molecule has 1 saturated heterocycles. The normalized spacial score (nSPS) is 15.4. The molecule has 2 aromatic carbocycles. The quantitative estimate of drug-likeness (QED) is 0.515. The maximum atomic E-state index is 12.0. The third-order valence-electron chi connectivity index (χ3n) is 5.59. The zero-order valence-electron chi connectivity index (χ0n) is 18.4. The molecule has 1 aliphatic heterocycles. The van der Waals surface area contributed by atoms with Crippen LogP contribution in [0.4, 0.5) is 0 Å². The highest BCUT2D eigenvalue weighted by atomic mass is 16.2. The van der Waals surface area contributed by atoms with Crippen molar-refractivity contribution in [2.75, 3.05) is 19.6 Å². The van der Waals surface area contributed by atoms with Gasteiger partial charge < -0.3 is 15.5 Å². The van der Waals surface area contributed by atoms with Gasteiger partial charge in [0, 0.05) is 32.6 Å². The van der Waals surface area contributed by atoms with Crippen LogP contribution in [0.5, 0.6) is 0 Å². The van der Waals surface area contributed by atoms with Gasteiger partial charge in [-0.05, 0) is 42.9 Å². The van der Waals surface area contributed by atoms with Crippen LogP contribution in [-0.2, 0) is 17.9 Å². The molecule has 1 fully saturated rings. The second-order valence-electron chi connectivity index (χ2n) is 8.08. The molecule has 0 spiro atoms. The first-order chi connectivity index (χ1) is 14.6. The van der Waals surface area contributed by atoms with Crippen LogP contribution < -0.4 is 10.6 Å². The molecular formula is C25H34N4O. The highest BCUT2D eigenvalue weighted by molar-refractivity contribution is 5.80. The molecule has 0 aromatic heterocycles. The molecule has 0 radical (unpaired) electrons. The van der Waals surface area contributed by atoms with E-state index in [1.54, 1.807) is 0 Å². The predicted octanol–water partition coefficient (Wildman–Crippen LogP) is 3.98. The number of carbonyl (C=O) groups is 1. The number of likely N-dealkylation sites (tertiary alicyclic amines) is 1. The van der Waals surface area contributed by atoms with Crippen molar-refractivity contribution in [1.82, 2.24) is 15.5 Å². The Hall–Kier alpha value is -2.82. The summed E-state index contributed by atoms with van der Waals surface area (Å²) in [7, 11) is 0. The van der Waals surface area contributed by atoms with Crippen molar-refractivity contribution in [3.63, 3.8) is 0 Å². The van der Waals surface area contributed by atoms with Gasteiger partial charge in [0.1, 0.15) is 0 Å². The van der Waals surface area contributed by atoms with Crippen LogP contribution in [0.15, 0.2) is 53.5 Å². The summed E-state index contributed by atoms with van der Waals surface area (Å²) in [5, 5.41) is 6.83. The van der Waals surface area contributed by atoms with Gasteiger partial charge in [-0.15, -0.1) is 0 Å². The van der Waals surface area contributed by atoms with Crippen molar-refractivity contribution in [2.45, 2.75) is 52.6 Å². The van der Waals surface area contributed by atoms with Crippen molar-refractivity contribution in [3.8, 4) is 0 Å². The monoisotopic (exact) mass is 406 g/mol. The standard InChI is InChI=1S/C25H34N4O/c1-4-26-25(27-16-20(3)21-12-7-9-19(2)15-21)28-17-22-10-5-6-11-23(22)18-29-14-8-13-24(29)30/h5-7,9-12,15,20H,4,8,13-14,16-18H2,1-3H3,(H2,26,27,28). The number of hydrogen-bond acceptors (Lipinski definition) is 2. The molecule has 30 heavy (non-hydrogen) atoms. The zero-order valence-corrected chi connectivity index (χ0v) is 18.4. The minimum atomic E-state index is 0.258. The zero-order chi connectivity index (χ0) is 21.3. The lowest BCUT2D eigenvalue weighted by Gasteiger charge is -2.19. The van der Waals surface area contributed by atoms with Gasteiger partial charge in [-0.3, -0.25) is 4.79 Å². The topological polar surface area (TPSA) is 56.7 Å². The number of hydrogen-bond donors (Lipinski definition) is 2. The molecule has 2 N–H and O–H groups in total. The summed E-state index contributed by atoms with van der Waals surface area (Å²) < 4.78 is 0. The first kappa shape index (κ1) is 21.9. The van der Waals surface area contributed by atoms with Gasteiger partial charge in [-0.1, -0.05) is 61.0 Å². The molecule has 0 saturated carbocycles. The Morgan fingerprint density at radius 2 is 1.93 bits per heavy atom. The summed E-state index contributed by atoms with van der Waals surface area (Å²) in [5.74, 6) is 1.47. The lowest BCUT2D eigenvalue weighted by molar-refractivity contribution is -0.128. The number of nitrogens with one attached hydrogen (secondary N) is 2. The van der Waals surface area contributed by atoms with Crippen LogP contribution in [0.1, 0.15) is 54.9 Å². The molecule has 3 rings (SSSR count). The van der Waals surface area contributed by atoms with E-state index in [2.05, 4.69) is 67.8 Å². The summed E-state index contributed by atoms with van der Waals surface area (Å²) >= 11 is 0. The molecule has 2 aromatic rings. The van der Waals surface area contributed by atoms with E-state index in [-0.39, 0.29) is 5.91 Å². The first-order valence-electron chi connectivity index (χ1n) is 11.0. The molecule has 0 aliphatic carbocycles. The van der Waals surface area contributed by atoms with Gasteiger partial charge in [0.25, 0.3) is 0 Å². The number of nitrogens with zero attached hydrogens (tertiary/aromatic N) is 2. The Kier molecular flexibility index (Phi) is 7.89.